The molecule has 0 radical (unpaired) electrons. The summed E-state index contributed by atoms with van der Waals surface area (Å²) in [4.78, 5) is 41.8. The summed E-state index contributed by atoms with van der Waals surface area (Å²) in [5.74, 6) is -0.562. The van der Waals surface area contributed by atoms with Gasteiger partial charge < -0.3 is 14.7 Å². The molecule has 0 saturated heterocycles. The van der Waals surface area contributed by atoms with E-state index in [1.807, 2.05) is 24.3 Å². The zero-order chi connectivity index (χ0) is 23.9. The van der Waals surface area contributed by atoms with Crippen LogP contribution in [0.3, 0.4) is 0 Å². The Morgan fingerprint density at radius 1 is 0.857 bits per heavy atom. The lowest BCUT2D eigenvalue weighted by molar-refractivity contribution is -0.113. The molecule has 9 heteroatoms. The van der Waals surface area contributed by atoms with Crippen LogP contribution in [0.1, 0.15) is 31.8 Å². The average Bonchev–Trinajstić information content (AvgIpc) is 3.53. The molecule has 1 aliphatic carbocycles. The Hall–Kier alpha value is -4.50. The summed E-state index contributed by atoms with van der Waals surface area (Å²) in [7, 11) is 0. The van der Waals surface area contributed by atoms with Gasteiger partial charge in [0.25, 0.3) is 11.1 Å². The average molecular weight is 481 g/mol. The van der Waals surface area contributed by atoms with Gasteiger partial charge in [-0.1, -0.05) is 66.4 Å². The van der Waals surface area contributed by atoms with Crippen molar-refractivity contribution in [1.82, 2.24) is 15.2 Å². The number of amides is 1. The number of rotatable bonds is 5. The highest BCUT2D eigenvalue weighted by Crippen LogP contribution is 2.33. The van der Waals surface area contributed by atoms with Crippen LogP contribution in [0.5, 0.6) is 0 Å². The van der Waals surface area contributed by atoms with E-state index in [1.54, 1.807) is 48.7 Å². The van der Waals surface area contributed by atoms with E-state index in [4.69, 9.17) is 4.42 Å². The fourth-order valence-corrected chi connectivity index (χ4v) is 4.75. The summed E-state index contributed by atoms with van der Waals surface area (Å²) in [5, 5.41) is 12.1. The first-order chi connectivity index (χ1) is 17.1. The monoisotopic (exact) mass is 480 g/mol. The number of nitrogens with one attached hydrogen (secondary N) is 2. The van der Waals surface area contributed by atoms with Crippen LogP contribution in [0.4, 0.5) is 5.69 Å². The number of carbonyl (C=O) groups excluding carboxylic acids is 3. The van der Waals surface area contributed by atoms with Gasteiger partial charge in [0.1, 0.15) is 0 Å². The van der Waals surface area contributed by atoms with Crippen LogP contribution in [-0.2, 0) is 4.79 Å². The quantitative estimate of drug-likeness (QED) is 0.343. The molecular formula is C26H16N4O4S. The minimum absolute atomic E-state index is 0.0160. The van der Waals surface area contributed by atoms with Gasteiger partial charge in [-0.2, -0.15) is 0 Å². The van der Waals surface area contributed by atoms with Crippen LogP contribution in [0.2, 0.25) is 0 Å². The molecule has 0 saturated carbocycles. The van der Waals surface area contributed by atoms with Crippen LogP contribution in [-0.4, -0.2) is 38.4 Å². The number of aromatic amines is 1. The van der Waals surface area contributed by atoms with E-state index in [0.29, 0.717) is 22.7 Å². The number of H-pyrrole nitrogens is 1. The molecule has 0 fully saturated rings. The number of thioether (sulfide) groups is 1. The van der Waals surface area contributed by atoms with Gasteiger partial charge in [-0.15, -0.1) is 10.2 Å². The number of para-hydroxylation sites is 1. The second kappa shape index (κ2) is 8.37. The highest BCUT2D eigenvalue weighted by Gasteiger charge is 2.31. The minimum Gasteiger partial charge on any atom is -0.411 e. The molecule has 8 nitrogen and oxygen atoms in total. The van der Waals surface area contributed by atoms with E-state index >= 15 is 0 Å². The molecule has 0 spiro atoms. The van der Waals surface area contributed by atoms with E-state index in [1.165, 1.54) is 0 Å². The highest BCUT2D eigenvalue weighted by atomic mass is 32.2. The number of hydrogen-bond acceptors (Lipinski definition) is 7. The SMILES string of the molecule is O=C(CSc1nnc(-c2c[nH]c3ccccc23)o1)Nc1cccc2c1C(=O)c1ccccc1C2=O. The van der Waals surface area contributed by atoms with Crippen molar-refractivity contribution in [2.75, 3.05) is 11.1 Å². The van der Waals surface area contributed by atoms with Gasteiger partial charge in [0, 0.05) is 33.8 Å². The lowest BCUT2D eigenvalue weighted by atomic mass is 9.83. The van der Waals surface area contributed by atoms with Crippen molar-refractivity contribution < 1.29 is 18.8 Å². The lowest BCUT2D eigenvalue weighted by Crippen LogP contribution is -2.24. The smallest absolute Gasteiger partial charge is 0.277 e. The third kappa shape index (κ3) is 3.62. The Labute approximate surface area is 202 Å². The summed E-state index contributed by atoms with van der Waals surface area (Å²) in [5.41, 5.74) is 3.21. The van der Waals surface area contributed by atoms with Crippen LogP contribution >= 0.6 is 11.8 Å². The van der Waals surface area contributed by atoms with Gasteiger partial charge in [0.05, 0.1) is 22.6 Å². The second-order valence-electron chi connectivity index (χ2n) is 7.89. The Bertz CT molecular complexity index is 1650. The number of hydrogen-bond donors (Lipinski definition) is 2. The van der Waals surface area contributed by atoms with Crippen molar-refractivity contribution >= 4 is 45.8 Å². The second-order valence-corrected chi connectivity index (χ2v) is 8.82. The zero-order valence-electron chi connectivity index (χ0n) is 18.1. The first-order valence-electron chi connectivity index (χ1n) is 10.7. The maximum atomic E-state index is 13.1. The summed E-state index contributed by atoms with van der Waals surface area (Å²) >= 11 is 1.08. The Morgan fingerprint density at radius 3 is 2.46 bits per heavy atom. The van der Waals surface area contributed by atoms with Crippen molar-refractivity contribution in [2.45, 2.75) is 5.22 Å². The van der Waals surface area contributed by atoms with Crippen LogP contribution in [0, 0.1) is 0 Å². The summed E-state index contributed by atoms with van der Waals surface area (Å²) in [6.45, 7) is 0. The summed E-state index contributed by atoms with van der Waals surface area (Å²) < 4.78 is 5.74. The molecule has 0 aliphatic heterocycles. The third-order valence-corrected chi connectivity index (χ3v) is 6.60. The molecular weight excluding hydrogens is 464 g/mol. The highest BCUT2D eigenvalue weighted by molar-refractivity contribution is 7.99. The fourth-order valence-electron chi connectivity index (χ4n) is 4.19. The van der Waals surface area contributed by atoms with Crippen molar-refractivity contribution in [3.63, 3.8) is 0 Å². The molecule has 6 rings (SSSR count). The van der Waals surface area contributed by atoms with E-state index in [-0.39, 0.29) is 39.6 Å². The molecule has 0 atom stereocenters. The molecule has 1 aliphatic rings. The largest absolute Gasteiger partial charge is 0.411 e. The zero-order valence-corrected chi connectivity index (χ0v) is 18.9. The number of aromatic nitrogens is 3. The summed E-state index contributed by atoms with van der Waals surface area (Å²) in [6, 6.07) is 19.3. The molecule has 2 heterocycles. The van der Waals surface area contributed by atoms with Crippen molar-refractivity contribution in [2.24, 2.45) is 0 Å². The van der Waals surface area contributed by atoms with Gasteiger partial charge in [-0.05, 0) is 12.1 Å². The van der Waals surface area contributed by atoms with Crippen molar-refractivity contribution in [3.05, 3.63) is 95.2 Å². The van der Waals surface area contributed by atoms with Crippen LogP contribution in [0.25, 0.3) is 22.4 Å². The molecule has 3 aromatic carbocycles. The number of fused-ring (bicyclic) bond motifs is 3. The topological polar surface area (TPSA) is 118 Å². The van der Waals surface area contributed by atoms with E-state index in [0.717, 1.165) is 28.2 Å². The van der Waals surface area contributed by atoms with Gasteiger partial charge in [0.15, 0.2) is 11.6 Å². The maximum absolute atomic E-state index is 13.1. The normalized spacial score (nSPS) is 12.5. The molecule has 0 bridgehead atoms. The van der Waals surface area contributed by atoms with E-state index < -0.39 is 0 Å². The molecule has 35 heavy (non-hydrogen) atoms. The number of anilines is 1. The first-order valence-corrected chi connectivity index (χ1v) is 11.7. The maximum Gasteiger partial charge on any atom is 0.277 e. The number of ketones is 2. The van der Waals surface area contributed by atoms with E-state index in [2.05, 4.69) is 20.5 Å². The molecule has 2 aromatic heterocycles. The van der Waals surface area contributed by atoms with Gasteiger partial charge in [0.2, 0.25) is 5.91 Å². The Morgan fingerprint density at radius 2 is 1.60 bits per heavy atom. The minimum atomic E-state index is -0.366. The molecule has 5 aromatic rings. The van der Waals surface area contributed by atoms with Gasteiger partial charge >= 0.3 is 0 Å². The van der Waals surface area contributed by atoms with E-state index in [9.17, 15) is 14.4 Å². The third-order valence-electron chi connectivity index (χ3n) is 5.78. The molecule has 2 N–H and O–H groups in total. The standard InChI is InChI=1S/C26H16N4O4S/c31-21(13-35-26-30-29-25(34-26)18-12-27-19-10-4-3-6-14(18)19)28-20-11-5-9-17-22(20)24(33)16-8-2-1-7-15(16)23(17)32/h1-12,27H,13H2,(H,28,31). The van der Waals surface area contributed by atoms with Crippen LogP contribution < -0.4 is 5.32 Å². The summed E-state index contributed by atoms with van der Waals surface area (Å²) in [6.07, 6.45) is 1.80. The predicted octanol–water partition coefficient (Wildman–Crippen LogP) is 4.72. The lowest BCUT2D eigenvalue weighted by Gasteiger charge is -2.20. The molecule has 1 amide bonds. The Kier molecular flexibility index (Phi) is 5.04. The molecule has 170 valence electrons. The number of nitrogens with zero attached hydrogens (tertiary/aromatic N) is 2. The van der Waals surface area contributed by atoms with Crippen LogP contribution in [0.15, 0.2) is 82.6 Å². The Balaban J connectivity index is 1.18. The van der Waals surface area contributed by atoms with Gasteiger partial charge in [-0.3, -0.25) is 14.4 Å². The van der Waals surface area contributed by atoms with Gasteiger partial charge in [-0.25, -0.2) is 0 Å². The number of benzene rings is 3. The predicted molar refractivity (Wildman–Crippen MR) is 131 cm³/mol. The fraction of sp³-hybridized carbons (Fsp3) is 0.0385. The van der Waals surface area contributed by atoms with Crippen molar-refractivity contribution in [3.8, 4) is 11.5 Å². The van der Waals surface area contributed by atoms with Crippen molar-refractivity contribution in [1.29, 1.82) is 0 Å². The first kappa shape index (κ1) is 21.1. The number of carbonyl (C=O) groups is 3. The molecule has 0 unspecified atom stereocenters.